The molecule has 0 aromatic heterocycles. The lowest BCUT2D eigenvalue weighted by atomic mass is 9.65. The van der Waals surface area contributed by atoms with Gasteiger partial charge in [-0.05, 0) is 43.4 Å². The summed E-state index contributed by atoms with van der Waals surface area (Å²) in [5.74, 6) is -2.69. The molecule has 124 valence electrons. The van der Waals surface area contributed by atoms with E-state index in [2.05, 4.69) is 5.32 Å². The average molecular weight is 319 g/mol. The average Bonchev–Trinajstić information content (AvgIpc) is 2.71. The molecule has 23 heavy (non-hydrogen) atoms. The van der Waals surface area contributed by atoms with Crippen LogP contribution in [0.15, 0.2) is 24.3 Å². The largest absolute Gasteiger partial charge is 0.481 e. The minimum atomic E-state index is -1.07. The van der Waals surface area contributed by atoms with Crippen LogP contribution in [0.4, 0.5) is 5.69 Å². The first kappa shape index (κ1) is 17.0. The van der Waals surface area contributed by atoms with Gasteiger partial charge in [-0.25, -0.2) is 4.79 Å². The van der Waals surface area contributed by atoms with Crippen molar-refractivity contribution in [2.75, 3.05) is 5.32 Å². The van der Waals surface area contributed by atoms with Gasteiger partial charge in [0, 0.05) is 11.6 Å². The summed E-state index contributed by atoms with van der Waals surface area (Å²) in [6.07, 6.45) is 0.919. The molecular weight excluding hydrogens is 298 g/mol. The van der Waals surface area contributed by atoms with Gasteiger partial charge in [-0.1, -0.05) is 19.9 Å². The molecule has 1 fully saturated rings. The Morgan fingerprint density at radius 3 is 2.35 bits per heavy atom. The molecule has 0 heterocycles. The summed E-state index contributed by atoms with van der Waals surface area (Å²) in [6.45, 7) is 5.27. The van der Waals surface area contributed by atoms with Crippen molar-refractivity contribution in [3.05, 3.63) is 29.8 Å². The van der Waals surface area contributed by atoms with Crippen LogP contribution in [-0.4, -0.2) is 28.1 Å². The second-order valence-electron chi connectivity index (χ2n) is 6.83. The molecule has 1 aliphatic rings. The van der Waals surface area contributed by atoms with Crippen LogP contribution >= 0.6 is 0 Å². The number of nitrogens with one attached hydrogen (secondary N) is 1. The lowest BCUT2D eigenvalue weighted by molar-refractivity contribution is -0.154. The molecule has 6 nitrogen and oxygen atoms in total. The van der Waals surface area contributed by atoms with Gasteiger partial charge in [-0.3, -0.25) is 9.59 Å². The zero-order chi connectivity index (χ0) is 17.4. The molecule has 6 heteroatoms. The molecular formula is C17H21NO5. The van der Waals surface area contributed by atoms with Crippen LogP contribution in [0, 0.1) is 16.7 Å². The van der Waals surface area contributed by atoms with Crippen LogP contribution < -0.4 is 5.32 Å². The maximum Gasteiger partial charge on any atom is 0.335 e. The molecule has 1 aliphatic carbocycles. The van der Waals surface area contributed by atoms with Gasteiger partial charge in [-0.2, -0.15) is 0 Å². The summed E-state index contributed by atoms with van der Waals surface area (Å²) in [4.78, 5) is 35.1. The Balaban J connectivity index is 2.21. The number of carbonyl (C=O) groups is 3. The van der Waals surface area contributed by atoms with Crippen LogP contribution in [0.1, 0.15) is 44.0 Å². The summed E-state index contributed by atoms with van der Waals surface area (Å²) >= 11 is 0. The van der Waals surface area contributed by atoms with Crippen LogP contribution in [-0.2, 0) is 9.59 Å². The number of aromatic carboxylic acids is 1. The summed E-state index contributed by atoms with van der Waals surface area (Å²) in [5, 5.41) is 21.2. The smallest absolute Gasteiger partial charge is 0.335 e. The normalized spacial score (nSPS) is 25.8. The summed E-state index contributed by atoms with van der Waals surface area (Å²) in [5.41, 5.74) is -1.18. The molecule has 1 aromatic carbocycles. The number of amides is 1. The minimum Gasteiger partial charge on any atom is -0.481 e. The van der Waals surface area contributed by atoms with E-state index in [4.69, 9.17) is 5.11 Å². The van der Waals surface area contributed by atoms with Crippen molar-refractivity contribution < 1.29 is 24.6 Å². The molecule has 1 unspecified atom stereocenters. The molecule has 1 saturated carbocycles. The van der Waals surface area contributed by atoms with E-state index in [1.807, 2.05) is 0 Å². The first-order valence-corrected chi connectivity index (χ1v) is 7.47. The zero-order valence-corrected chi connectivity index (χ0v) is 13.4. The lowest BCUT2D eigenvalue weighted by Crippen LogP contribution is -2.43. The van der Waals surface area contributed by atoms with Crippen molar-refractivity contribution in [2.24, 2.45) is 16.7 Å². The Hall–Kier alpha value is -2.37. The van der Waals surface area contributed by atoms with Crippen LogP contribution in [0.2, 0.25) is 0 Å². The van der Waals surface area contributed by atoms with Gasteiger partial charge < -0.3 is 15.5 Å². The summed E-state index contributed by atoms with van der Waals surface area (Å²) < 4.78 is 0. The number of hydrogen-bond donors (Lipinski definition) is 3. The van der Waals surface area contributed by atoms with Crippen LogP contribution in [0.25, 0.3) is 0 Å². The third-order valence-electron chi connectivity index (χ3n) is 5.39. The molecule has 1 aromatic rings. The third kappa shape index (κ3) is 2.81. The number of carboxylic acids is 2. The predicted octanol–water partition coefficient (Wildman–Crippen LogP) is 2.85. The maximum atomic E-state index is 12.6. The topological polar surface area (TPSA) is 104 Å². The number of hydrogen-bond acceptors (Lipinski definition) is 3. The number of rotatable bonds is 4. The number of carbonyl (C=O) groups excluding carboxylic acids is 1. The Kier molecular flexibility index (Phi) is 4.20. The van der Waals surface area contributed by atoms with E-state index in [9.17, 15) is 19.5 Å². The van der Waals surface area contributed by atoms with Gasteiger partial charge in [0.05, 0.1) is 11.0 Å². The highest BCUT2D eigenvalue weighted by molar-refractivity contribution is 5.96. The molecule has 0 bridgehead atoms. The molecule has 3 N–H and O–H groups in total. The highest BCUT2D eigenvalue weighted by atomic mass is 16.4. The van der Waals surface area contributed by atoms with E-state index in [0.717, 1.165) is 0 Å². The van der Waals surface area contributed by atoms with Gasteiger partial charge in [0.1, 0.15) is 0 Å². The minimum absolute atomic E-state index is 0.0869. The van der Waals surface area contributed by atoms with Crippen molar-refractivity contribution in [1.29, 1.82) is 0 Å². The molecule has 0 spiro atoms. The highest BCUT2D eigenvalue weighted by Gasteiger charge is 2.58. The summed E-state index contributed by atoms with van der Waals surface area (Å²) in [6, 6.07) is 6.00. The first-order valence-electron chi connectivity index (χ1n) is 7.47. The number of carboxylic acid groups (broad SMARTS) is 2. The van der Waals surface area contributed by atoms with Crippen LogP contribution in [0.3, 0.4) is 0 Å². The van der Waals surface area contributed by atoms with E-state index in [1.54, 1.807) is 32.9 Å². The second-order valence-corrected chi connectivity index (χ2v) is 6.83. The lowest BCUT2D eigenvalue weighted by Gasteiger charge is -2.37. The fraction of sp³-hybridized carbons (Fsp3) is 0.471. The first-order chi connectivity index (χ1) is 10.6. The van der Waals surface area contributed by atoms with Crippen molar-refractivity contribution in [3.8, 4) is 0 Å². The molecule has 0 radical (unpaired) electrons. The quantitative estimate of drug-likeness (QED) is 0.791. The Morgan fingerprint density at radius 2 is 1.83 bits per heavy atom. The molecule has 2 rings (SSSR count). The van der Waals surface area contributed by atoms with Crippen molar-refractivity contribution in [3.63, 3.8) is 0 Å². The maximum absolute atomic E-state index is 12.6. The number of benzene rings is 1. The molecule has 0 aliphatic heterocycles. The highest BCUT2D eigenvalue weighted by Crippen LogP contribution is 2.56. The van der Waals surface area contributed by atoms with Gasteiger partial charge in [0.15, 0.2) is 0 Å². The Labute approximate surface area is 134 Å². The fourth-order valence-electron chi connectivity index (χ4n) is 3.30. The standard InChI is InChI=1S/C17H21NO5/c1-16(2)12(7-8-17(16,3)15(22)23)13(19)18-11-6-4-5-10(9-11)14(20)21/h4-6,9,12H,7-8H2,1-3H3,(H,18,19)(H,20,21)(H,22,23)/t12?,17-/m0/s1. The Morgan fingerprint density at radius 1 is 1.17 bits per heavy atom. The SMILES string of the molecule is CC1(C)C(C(=O)Nc2cccc(C(=O)O)c2)CC[C@@]1(C)C(=O)O. The van der Waals surface area contributed by atoms with Gasteiger partial charge >= 0.3 is 11.9 Å². The van der Waals surface area contributed by atoms with Gasteiger partial charge in [0.2, 0.25) is 5.91 Å². The number of anilines is 1. The summed E-state index contributed by atoms with van der Waals surface area (Å²) in [7, 11) is 0. The molecule has 0 saturated heterocycles. The van der Waals surface area contributed by atoms with E-state index in [0.29, 0.717) is 18.5 Å². The van der Waals surface area contributed by atoms with Crippen molar-refractivity contribution in [1.82, 2.24) is 0 Å². The zero-order valence-electron chi connectivity index (χ0n) is 13.4. The molecule has 2 atom stereocenters. The van der Waals surface area contributed by atoms with Crippen LogP contribution in [0.5, 0.6) is 0 Å². The third-order valence-corrected chi connectivity index (χ3v) is 5.39. The van der Waals surface area contributed by atoms with E-state index in [-0.39, 0.29) is 11.5 Å². The van der Waals surface area contributed by atoms with E-state index < -0.39 is 28.7 Å². The van der Waals surface area contributed by atoms with Crippen molar-refractivity contribution in [2.45, 2.75) is 33.6 Å². The Bertz CT molecular complexity index is 667. The van der Waals surface area contributed by atoms with E-state index >= 15 is 0 Å². The fourth-order valence-corrected chi connectivity index (χ4v) is 3.30. The van der Waals surface area contributed by atoms with Gasteiger partial charge in [-0.15, -0.1) is 0 Å². The predicted molar refractivity (Wildman–Crippen MR) is 84.3 cm³/mol. The second kappa shape index (κ2) is 5.68. The van der Waals surface area contributed by atoms with Crippen molar-refractivity contribution >= 4 is 23.5 Å². The molecule has 1 amide bonds. The van der Waals surface area contributed by atoms with E-state index in [1.165, 1.54) is 12.1 Å². The monoisotopic (exact) mass is 319 g/mol. The number of aliphatic carboxylic acids is 1. The van der Waals surface area contributed by atoms with Gasteiger partial charge in [0.25, 0.3) is 0 Å².